The van der Waals surface area contributed by atoms with Crippen LogP contribution in [-0.2, 0) is 4.79 Å². The molecule has 0 bridgehead atoms. The van der Waals surface area contributed by atoms with Gasteiger partial charge in [-0.1, -0.05) is 0 Å². The summed E-state index contributed by atoms with van der Waals surface area (Å²) in [4.78, 5) is 24.7. The Hall–Kier alpha value is -1.26. The van der Waals surface area contributed by atoms with E-state index < -0.39 is 6.04 Å². The Morgan fingerprint density at radius 3 is 2.67 bits per heavy atom. The average Bonchev–Trinajstić information content (AvgIpc) is 2.16. The molecular formula is C10H19N3O2. The molecule has 0 aliphatic carbocycles. The lowest BCUT2D eigenvalue weighted by Crippen LogP contribution is -2.55. The largest absolute Gasteiger partial charge is 0.352 e. The lowest BCUT2D eigenvalue weighted by molar-refractivity contribution is -0.125. The lowest BCUT2D eigenvalue weighted by Gasteiger charge is -2.32. The average molecular weight is 213 g/mol. The Bertz CT molecular complexity index is 253. The van der Waals surface area contributed by atoms with Crippen molar-refractivity contribution in [2.24, 2.45) is 0 Å². The second-order valence-electron chi connectivity index (χ2n) is 4.12. The number of carbonyl (C=O) groups is 2. The van der Waals surface area contributed by atoms with Gasteiger partial charge in [-0.05, 0) is 27.2 Å². The summed E-state index contributed by atoms with van der Waals surface area (Å²) in [5.41, 5.74) is 0. The smallest absolute Gasteiger partial charge is 0.318 e. The zero-order chi connectivity index (χ0) is 11.4. The normalized spacial score (nSPS) is 18.7. The monoisotopic (exact) mass is 213 g/mol. The van der Waals surface area contributed by atoms with Crippen LogP contribution < -0.4 is 10.6 Å². The van der Waals surface area contributed by atoms with Crippen molar-refractivity contribution in [1.29, 1.82) is 0 Å². The number of hydrogen-bond donors (Lipinski definition) is 2. The van der Waals surface area contributed by atoms with E-state index in [1.807, 2.05) is 13.8 Å². The minimum Gasteiger partial charge on any atom is -0.352 e. The van der Waals surface area contributed by atoms with Crippen LogP contribution in [0.3, 0.4) is 0 Å². The van der Waals surface area contributed by atoms with Crippen molar-refractivity contribution < 1.29 is 9.59 Å². The SMILES string of the molecule is CC(C)NC(=O)C(C)N1CCCNC1=O. The molecule has 1 saturated heterocycles. The molecule has 0 radical (unpaired) electrons. The first kappa shape index (κ1) is 11.8. The second-order valence-corrected chi connectivity index (χ2v) is 4.12. The van der Waals surface area contributed by atoms with Gasteiger partial charge in [0.15, 0.2) is 0 Å². The van der Waals surface area contributed by atoms with Crippen LogP contribution in [0.2, 0.25) is 0 Å². The molecule has 1 rings (SSSR count). The number of urea groups is 1. The van der Waals surface area contributed by atoms with Crippen molar-refractivity contribution in [3.63, 3.8) is 0 Å². The summed E-state index contributed by atoms with van der Waals surface area (Å²) in [6.45, 7) is 6.91. The molecule has 1 unspecified atom stereocenters. The van der Waals surface area contributed by atoms with Crippen LogP contribution in [-0.4, -0.2) is 42.0 Å². The Kier molecular flexibility index (Phi) is 3.94. The summed E-state index contributed by atoms with van der Waals surface area (Å²) >= 11 is 0. The first-order valence-corrected chi connectivity index (χ1v) is 5.37. The fourth-order valence-electron chi connectivity index (χ4n) is 1.56. The predicted molar refractivity (Wildman–Crippen MR) is 57.5 cm³/mol. The summed E-state index contributed by atoms with van der Waals surface area (Å²) in [5.74, 6) is -0.0953. The third-order valence-electron chi connectivity index (χ3n) is 2.39. The second kappa shape index (κ2) is 5.00. The summed E-state index contributed by atoms with van der Waals surface area (Å²) in [7, 11) is 0. The van der Waals surface area contributed by atoms with Gasteiger partial charge >= 0.3 is 6.03 Å². The number of amides is 3. The Morgan fingerprint density at radius 1 is 1.47 bits per heavy atom. The number of nitrogens with one attached hydrogen (secondary N) is 2. The van der Waals surface area contributed by atoms with E-state index in [2.05, 4.69) is 10.6 Å². The molecule has 86 valence electrons. The van der Waals surface area contributed by atoms with Crippen LogP contribution in [0, 0.1) is 0 Å². The summed E-state index contributed by atoms with van der Waals surface area (Å²) in [6.07, 6.45) is 0.894. The number of nitrogens with zero attached hydrogens (tertiary/aromatic N) is 1. The fraction of sp³-hybridized carbons (Fsp3) is 0.800. The van der Waals surface area contributed by atoms with Gasteiger partial charge < -0.3 is 15.5 Å². The van der Waals surface area contributed by atoms with Crippen LogP contribution in [0.1, 0.15) is 27.2 Å². The predicted octanol–water partition coefficient (Wildman–Crippen LogP) is 0.315. The maximum atomic E-state index is 11.7. The van der Waals surface area contributed by atoms with E-state index in [-0.39, 0.29) is 18.0 Å². The van der Waals surface area contributed by atoms with Gasteiger partial charge in [-0.3, -0.25) is 4.79 Å². The molecule has 1 aliphatic rings. The third-order valence-corrected chi connectivity index (χ3v) is 2.39. The first-order valence-electron chi connectivity index (χ1n) is 5.37. The van der Waals surface area contributed by atoms with Crippen LogP contribution in [0.4, 0.5) is 4.79 Å². The molecule has 0 aromatic rings. The highest BCUT2D eigenvalue weighted by Crippen LogP contribution is 2.05. The van der Waals surface area contributed by atoms with Gasteiger partial charge in [-0.15, -0.1) is 0 Å². The molecular weight excluding hydrogens is 194 g/mol. The molecule has 0 aromatic carbocycles. The molecule has 5 nitrogen and oxygen atoms in total. The lowest BCUT2D eigenvalue weighted by atomic mass is 10.2. The number of hydrogen-bond acceptors (Lipinski definition) is 2. The van der Waals surface area contributed by atoms with Crippen molar-refractivity contribution in [3.05, 3.63) is 0 Å². The Labute approximate surface area is 90.2 Å². The number of carbonyl (C=O) groups excluding carboxylic acids is 2. The minimum atomic E-state index is -0.396. The molecule has 1 aliphatic heterocycles. The van der Waals surface area contributed by atoms with Gasteiger partial charge in [0.2, 0.25) is 5.91 Å². The van der Waals surface area contributed by atoms with E-state index in [0.717, 1.165) is 6.42 Å². The van der Waals surface area contributed by atoms with E-state index in [1.165, 1.54) is 0 Å². The molecule has 1 heterocycles. The minimum absolute atomic E-state index is 0.0953. The highest BCUT2D eigenvalue weighted by molar-refractivity contribution is 5.87. The van der Waals surface area contributed by atoms with Gasteiger partial charge in [0.05, 0.1) is 0 Å². The molecule has 0 aromatic heterocycles. The van der Waals surface area contributed by atoms with Gasteiger partial charge in [0.25, 0.3) is 0 Å². The van der Waals surface area contributed by atoms with E-state index in [1.54, 1.807) is 11.8 Å². The zero-order valence-corrected chi connectivity index (χ0v) is 9.54. The molecule has 15 heavy (non-hydrogen) atoms. The van der Waals surface area contributed by atoms with Crippen LogP contribution >= 0.6 is 0 Å². The molecule has 5 heteroatoms. The van der Waals surface area contributed by atoms with E-state index >= 15 is 0 Å². The maximum Gasteiger partial charge on any atom is 0.318 e. The summed E-state index contributed by atoms with van der Waals surface area (Å²) < 4.78 is 0. The summed E-state index contributed by atoms with van der Waals surface area (Å²) in [6, 6.07) is -0.437. The highest BCUT2D eigenvalue weighted by Gasteiger charge is 2.27. The van der Waals surface area contributed by atoms with Crippen LogP contribution in [0.5, 0.6) is 0 Å². The topological polar surface area (TPSA) is 61.4 Å². The van der Waals surface area contributed by atoms with Gasteiger partial charge in [0.1, 0.15) is 6.04 Å². The molecule has 1 fully saturated rings. The van der Waals surface area contributed by atoms with E-state index in [4.69, 9.17) is 0 Å². The molecule has 2 N–H and O–H groups in total. The van der Waals surface area contributed by atoms with Crippen LogP contribution in [0.15, 0.2) is 0 Å². The van der Waals surface area contributed by atoms with Crippen LogP contribution in [0.25, 0.3) is 0 Å². The molecule has 3 amide bonds. The summed E-state index contributed by atoms with van der Waals surface area (Å²) in [5, 5.41) is 5.53. The fourth-order valence-corrected chi connectivity index (χ4v) is 1.56. The van der Waals surface area contributed by atoms with E-state index in [9.17, 15) is 9.59 Å². The van der Waals surface area contributed by atoms with Crippen molar-refractivity contribution in [2.45, 2.75) is 39.3 Å². The Morgan fingerprint density at radius 2 is 2.13 bits per heavy atom. The first-order chi connectivity index (χ1) is 7.02. The third kappa shape index (κ3) is 3.11. The quantitative estimate of drug-likeness (QED) is 0.709. The van der Waals surface area contributed by atoms with Crippen molar-refractivity contribution in [1.82, 2.24) is 15.5 Å². The maximum absolute atomic E-state index is 11.7. The van der Waals surface area contributed by atoms with Gasteiger partial charge in [-0.25, -0.2) is 4.79 Å². The Balaban J connectivity index is 2.54. The highest BCUT2D eigenvalue weighted by atomic mass is 16.2. The van der Waals surface area contributed by atoms with Crippen molar-refractivity contribution >= 4 is 11.9 Å². The van der Waals surface area contributed by atoms with Gasteiger partial charge in [-0.2, -0.15) is 0 Å². The number of rotatable bonds is 3. The molecule has 1 atom stereocenters. The molecule has 0 saturated carbocycles. The van der Waals surface area contributed by atoms with Crippen molar-refractivity contribution in [3.8, 4) is 0 Å². The van der Waals surface area contributed by atoms with Gasteiger partial charge in [0, 0.05) is 19.1 Å². The zero-order valence-electron chi connectivity index (χ0n) is 9.54. The molecule has 0 spiro atoms. The van der Waals surface area contributed by atoms with E-state index in [0.29, 0.717) is 13.1 Å². The standard InChI is InChI=1S/C10H19N3O2/c1-7(2)12-9(14)8(3)13-6-4-5-11-10(13)15/h7-8H,4-6H2,1-3H3,(H,11,15)(H,12,14). The van der Waals surface area contributed by atoms with Crippen molar-refractivity contribution in [2.75, 3.05) is 13.1 Å².